The molecule has 0 fully saturated rings. The first-order valence-corrected chi connectivity index (χ1v) is 7.04. The van der Waals surface area contributed by atoms with E-state index < -0.39 is 0 Å². The van der Waals surface area contributed by atoms with Crippen LogP contribution in [0.25, 0.3) is 0 Å². The number of carbonyl (C=O) groups excluding carboxylic acids is 1. The predicted molar refractivity (Wildman–Crippen MR) is 72.4 cm³/mol. The van der Waals surface area contributed by atoms with Gasteiger partial charge in [0.25, 0.3) is 5.91 Å². The summed E-state index contributed by atoms with van der Waals surface area (Å²) in [4.78, 5) is 14.5. The molecule has 1 aromatic rings. The number of thiophene rings is 1. The molecule has 5 heteroatoms. The molecule has 1 amide bonds. The highest BCUT2D eigenvalue weighted by atomic mass is 35.5. The molecule has 1 heterocycles. The highest BCUT2D eigenvalue weighted by Gasteiger charge is 2.13. The number of halogens is 1. The number of hydrogen-bond donors (Lipinski definition) is 0. The first kappa shape index (κ1) is 14.3. The molecule has 0 aliphatic rings. The van der Waals surface area contributed by atoms with Gasteiger partial charge in [-0.25, -0.2) is 0 Å². The van der Waals surface area contributed by atoms with E-state index >= 15 is 0 Å². The highest BCUT2D eigenvalue weighted by molar-refractivity contribution is 7.12. The van der Waals surface area contributed by atoms with Crippen LogP contribution < -0.4 is 4.74 Å². The Morgan fingerprint density at radius 2 is 2.24 bits per heavy atom. The molecule has 3 nitrogen and oxygen atoms in total. The predicted octanol–water partition coefficient (Wildman–Crippen LogP) is 3.24. The number of rotatable bonds is 7. The van der Waals surface area contributed by atoms with Crippen molar-refractivity contribution < 1.29 is 9.53 Å². The maximum Gasteiger partial charge on any atom is 0.263 e. The highest BCUT2D eigenvalue weighted by Crippen LogP contribution is 2.22. The Balaban J connectivity index is 2.40. The second-order valence-corrected chi connectivity index (χ2v) is 5.12. The van der Waals surface area contributed by atoms with Crippen LogP contribution in [-0.4, -0.2) is 37.4 Å². The van der Waals surface area contributed by atoms with Gasteiger partial charge in [0.05, 0.1) is 12.0 Å². The van der Waals surface area contributed by atoms with Gasteiger partial charge < -0.3 is 9.64 Å². The number of ether oxygens (including phenoxy) is 1. The molecule has 0 aliphatic carbocycles. The summed E-state index contributed by atoms with van der Waals surface area (Å²) >= 11 is 7.02. The van der Waals surface area contributed by atoms with E-state index in [1.165, 1.54) is 11.3 Å². The van der Waals surface area contributed by atoms with Crippen LogP contribution in [0.4, 0.5) is 0 Å². The zero-order chi connectivity index (χ0) is 12.7. The summed E-state index contributed by atoms with van der Waals surface area (Å²) in [6.07, 6.45) is 3.07. The van der Waals surface area contributed by atoms with Crippen LogP contribution in [0.15, 0.2) is 11.4 Å². The molecule has 0 radical (unpaired) electrons. The van der Waals surface area contributed by atoms with Crippen LogP contribution >= 0.6 is 22.9 Å². The molecular weight excluding hydrogens is 258 g/mol. The number of hydrogen-bond acceptors (Lipinski definition) is 3. The van der Waals surface area contributed by atoms with Crippen molar-refractivity contribution in [3.05, 3.63) is 16.3 Å². The molecule has 0 saturated carbocycles. The van der Waals surface area contributed by atoms with E-state index in [0.717, 1.165) is 36.4 Å². The number of methoxy groups -OCH3 is 1. The third kappa shape index (κ3) is 4.56. The van der Waals surface area contributed by atoms with E-state index in [4.69, 9.17) is 16.3 Å². The Kier molecular flexibility index (Phi) is 6.37. The van der Waals surface area contributed by atoms with Gasteiger partial charge in [-0.3, -0.25) is 4.79 Å². The molecule has 0 saturated heterocycles. The Morgan fingerprint density at radius 3 is 2.82 bits per heavy atom. The third-order valence-electron chi connectivity index (χ3n) is 2.50. The van der Waals surface area contributed by atoms with E-state index in [1.807, 2.05) is 12.4 Å². The van der Waals surface area contributed by atoms with Gasteiger partial charge in [-0.1, -0.05) is 6.42 Å². The minimum Gasteiger partial charge on any atom is -0.496 e. The Hall–Kier alpha value is -0.740. The largest absolute Gasteiger partial charge is 0.496 e. The van der Waals surface area contributed by atoms with Crippen LogP contribution in [0.3, 0.4) is 0 Å². The summed E-state index contributed by atoms with van der Waals surface area (Å²) in [5.41, 5.74) is 0. The second kappa shape index (κ2) is 7.56. The molecule has 1 rings (SSSR count). The molecule has 0 atom stereocenters. The quantitative estimate of drug-likeness (QED) is 0.565. The van der Waals surface area contributed by atoms with Gasteiger partial charge in [-0.05, 0) is 12.8 Å². The number of nitrogens with zero attached hydrogens (tertiary/aromatic N) is 1. The van der Waals surface area contributed by atoms with Crippen LogP contribution in [0.1, 0.15) is 28.9 Å². The number of amides is 1. The topological polar surface area (TPSA) is 29.5 Å². The molecule has 0 aromatic carbocycles. The summed E-state index contributed by atoms with van der Waals surface area (Å²) in [5.74, 6) is 1.50. The lowest BCUT2D eigenvalue weighted by Gasteiger charge is -2.15. The van der Waals surface area contributed by atoms with E-state index in [0.29, 0.717) is 5.88 Å². The van der Waals surface area contributed by atoms with Crippen molar-refractivity contribution in [1.82, 2.24) is 4.90 Å². The maximum absolute atomic E-state index is 12.0. The standard InChI is InChI=1S/C12H18ClNO2S/c1-14(7-5-3-4-6-13)12(15)11-8-10(16-2)9-17-11/h8-9H,3-7H2,1-2H3. The summed E-state index contributed by atoms with van der Waals surface area (Å²) in [7, 11) is 3.43. The SMILES string of the molecule is COc1csc(C(=O)N(C)CCCCCCl)c1. The fourth-order valence-electron chi connectivity index (χ4n) is 1.45. The molecule has 96 valence electrons. The van der Waals surface area contributed by atoms with Crippen molar-refractivity contribution in [1.29, 1.82) is 0 Å². The number of alkyl halides is 1. The fourth-order valence-corrected chi connectivity index (χ4v) is 2.49. The number of unbranched alkanes of at least 4 members (excludes halogenated alkanes) is 2. The van der Waals surface area contributed by atoms with Gasteiger partial charge in [-0.15, -0.1) is 22.9 Å². The van der Waals surface area contributed by atoms with Gasteiger partial charge in [0.2, 0.25) is 0 Å². The summed E-state index contributed by atoms with van der Waals surface area (Å²) in [5, 5.41) is 1.84. The third-order valence-corrected chi connectivity index (χ3v) is 3.66. The van der Waals surface area contributed by atoms with Gasteiger partial charge in [0.1, 0.15) is 5.75 Å². The monoisotopic (exact) mass is 275 g/mol. The van der Waals surface area contributed by atoms with Crippen molar-refractivity contribution >= 4 is 28.8 Å². The average molecular weight is 276 g/mol. The van der Waals surface area contributed by atoms with Crippen LogP contribution in [0, 0.1) is 0 Å². The van der Waals surface area contributed by atoms with Crippen molar-refractivity contribution in [3.8, 4) is 5.75 Å². The summed E-state index contributed by atoms with van der Waals surface area (Å²) in [6, 6.07) is 1.78. The molecule has 0 spiro atoms. The van der Waals surface area contributed by atoms with Crippen molar-refractivity contribution in [2.45, 2.75) is 19.3 Å². The average Bonchev–Trinajstić information content (AvgIpc) is 2.82. The van der Waals surface area contributed by atoms with E-state index in [2.05, 4.69) is 0 Å². The zero-order valence-electron chi connectivity index (χ0n) is 10.2. The van der Waals surface area contributed by atoms with Crippen LogP contribution in [0.5, 0.6) is 5.75 Å². The molecular formula is C12H18ClNO2S. The first-order valence-electron chi connectivity index (χ1n) is 5.63. The zero-order valence-corrected chi connectivity index (χ0v) is 11.8. The summed E-state index contributed by atoms with van der Waals surface area (Å²) < 4.78 is 5.06. The Labute approximate surface area is 111 Å². The van der Waals surface area contributed by atoms with Crippen molar-refractivity contribution in [3.63, 3.8) is 0 Å². The molecule has 0 unspecified atom stereocenters. The van der Waals surface area contributed by atoms with Crippen LogP contribution in [0.2, 0.25) is 0 Å². The molecule has 17 heavy (non-hydrogen) atoms. The molecule has 0 N–H and O–H groups in total. The lowest BCUT2D eigenvalue weighted by molar-refractivity contribution is 0.0797. The minimum atomic E-state index is 0.0594. The van der Waals surface area contributed by atoms with Gasteiger partial charge >= 0.3 is 0 Å². The van der Waals surface area contributed by atoms with E-state index in [9.17, 15) is 4.79 Å². The smallest absolute Gasteiger partial charge is 0.263 e. The lowest BCUT2D eigenvalue weighted by atomic mass is 10.2. The fraction of sp³-hybridized carbons (Fsp3) is 0.583. The Morgan fingerprint density at radius 1 is 1.47 bits per heavy atom. The second-order valence-electron chi connectivity index (χ2n) is 3.83. The molecule has 1 aromatic heterocycles. The van der Waals surface area contributed by atoms with Gasteiger partial charge in [-0.2, -0.15) is 0 Å². The number of carbonyl (C=O) groups is 1. The van der Waals surface area contributed by atoms with Crippen molar-refractivity contribution in [2.24, 2.45) is 0 Å². The first-order chi connectivity index (χ1) is 8.19. The molecule has 0 bridgehead atoms. The Bertz CT molecular complexity index is 354. The van der Waals surface area contributed by atoms with Gasteiger partial charge in [0.15, 0.2) is 0 Å². The minimum absolute atomic E-state index is 0.0594. The van der Waals surface area contributed by atoms with Crippen molar-refractivity contribution in [2.75, 3.05) is 26.6 Å². The normalized spacial score (nSPS) is 10.3. The van der Waals surface area contributed by atoms with Crippen LogP contribution in [-0.2, 0) is 0 Å². The van der Waals surface area contributed by atoms with E-state index in [-0.39, 0.29) is 5.91 Å². The van der Waals surface area contributed by atoms with E-state index in [1.54, 1.807) is 18.1 Å². The lowest BCUT2D eigenvalue weighted by Crippen LogP contribution is -2.27. The summed E-state index contributed by atoms with van der Waals surface area (Å²) in [6.45, 7) is 0.774. The van der Waals surface area contributed by atoms with Gasteiger partial charge in [0, 0.05) is 30.9 Å². The molecule has 0 aliphatic heterocycles. The maximum atomic E-state index is 12.0.